The lowest BCUT2D eigenvalue weighted by Crippen LogP contribution is -2.35. The zero-order valence-electron chi connectivity index (χ0n) is 13.9. The summed E-state index contributed by atoms with van der Waals surface area (Å²) in [6.45, 7) is 7.92. The summed E-state index contributed by atoms with van der Waals surface area (Å²) in [4.78, 5) is 12.5. The van der Waals surface area contributed by atoms with Crippen molar-refractivity contribution >= 4 is 11.5 Å². The van der Waals surface area contributed by atoms with Crippen molar-refractivity contribution in [2.45, 2.75) is 58.6 Å². The highest BCUT2D eigenvalue weighted by molar-refractivity contribution is 6.01. The minimum Gasteiger partial charge on any atom is -0.486 e. The Morgan fingerprint density at radius 3 is 2.95 bits per heavy atom. The van der Waals surface area contributed by atoms with Crippen molar-refractivity contribution in [3.8, 4) is 5.75 Å². The first-order valence-corrected chi connectivity index (χ1v) is 8.47. The molecular formula is C18H28N2O2. The molecule has 0 aromatic heterocycles. The molecule has 0 aliphatic carbocycles. The molecule has 1 aromatic rings. The van der Waals surface area contributed by atoms with Crippen LogP contribution in [0.25, 0.3) is 0 Å². The van der Waals surface area contributed by atoms with Crippen LogP contribution in [0.3, 0.4) is 0 Å². The van der Waals surface area contributed by atoms with E-state index >= 15 is 0 Å². The first-order valence-electron chi connectivity index (χ1n) is 8.47. The van der Waals surface area contributed by atoms with Crippen molar-refractivity contribution < 1.29 is 9.53 Å². The van der Waals surface area contributed by atoms with Gasteiger partial charge in [0.1, 0.15) is 11.9 Å². The molecule has 0 bridgehead atoms. The molecule has 0 amide bonds. The number of ketones is 1. The summed E-state index contributed by atoms with van der Waals surface area (Å²) >= 11 is 0. The van der Waals surface area contributed by atoms with E-state index in [0.29, 0.717) is 0 Å². The van der Waals surface area contributed by atoms with E-state index in [-0.39, 0.29) is 17.9 Å². The molecular weight excluding hydrogens is 276 g/mol. The highest BCUT2D eigenvalue weighted by Gasteiger charge is 2.20. The van der Waals surface area contributed by atoms with Gasteiger partial charge in [-0.15, -0.1) is 0 Å². The highest BCUT2D eigenvalue weighted by Crippen LogP contribution is 2.30. The third kappa shape index (κ3) is 4.23. The quantitative estimate of drug-likeness (QED) is 0.569. The van der Waals surface area contributed by atoms with E-state index < -0.39 is 0 Å². The zero-order valence-corrected chi connectivity index (χ0v) is 13.9. The molecule has 122 valence electrons. The van der Waals surface area contributed by atoms with Crippen LogP contribution in [0.5, 0.6) is 5.75 Å². The molecule has 0 spiro atoms. The van der Waals surface area contributed by atoms with E-state index in [1.54, 1.807) is 0 Å². The molecule has 2 N–H and O–H groups in total. The van der Waals surface area contributed by atoms with Crippen LogP contribution in [0.2, 0.25) is 0 Å². The van der Waals surface area contributed by atoms with Crippen LogP contribution in [0.1, 0.15) is 56.8 Å². The van der Waals surface area contributed by atoms with Crippen LogP contribution in [-0.2, 0) is 0 Å². The van der Waals surface area contributed by atoms with Gasteiger partial charge in [0.15, 0.2) is 5.78 Å². The number of benzene rings is 1. The maximum absolute atomic E-state index is 12.5. The largest absolute Gasteiger partial charge is 0.486 e. The lowest BCUT2D eigenvalue weighted by molar-refractivity contribution is 0.0951. The maximum Gasteiger partial charge on any atom is 0.179 e. The molecule has 1 aromatic carbocycles. The first-order chi connectivity index (χ1) is 10.7. The SMILES string of the molecule is CCCCCNC(C)C(=O)c1ccc2c(c1)NCC(CC)O2. The summed E-state index contributed by atoms with van der Waals surface area (Å²) < 4.78 is 5.88. The second-order valence-electron chi connectivity index (χ2n) is 5.99. The molecule has 1 heterocycles. The van der Waals surface area contributed by atoms with Crippen LogP contribution in [-0.4, -0.2) is 31.0 Å². The standard InChI is InChI=1S/C18H28N2O2/c1-4-6-7-10-19-13(3)18(21)14-8-9-17-16(11-14)20-12-15(5-2)22-17/h8-9,11,13,15,19-20H,4-7,10,12H2,1-3H3. The van der Waals surface area contributed by atoms with Crippen LogP contribution in [0.4, 0.5) is 5.69 Å². The molecule has 22 heavy (non-hydrogen) atoms. The lowest BCUT2D eigenvalue weighted by atomic mass is 10.0. The third-order valence-corrected chi connectivity index (χ3v) is 4.16. The van der Waals surface area contributed by atoms with Gasteiger partial charge in [-0.2, -0.15) is 0 Å². The smallest absolute Gasteiger partial charge is 0.179 e. The normalized spacial score (nSPS) is 18.0. The predicted molar refractivity (Wildman–Crippen MR) is 91.0 cm³/mol. The molecule has 1 aliphatic rings. The maximum atomic E-state index is 12.5. The van der Waals surface area contributed by atoms with Gasteiger partial charge in [0.2, 0.25) is 0 Å². The summed E-state index contributed by atoms with van der Waals surface area (Å²) in [6.07, 6.45) is 4.71. The van der Waals surface area contributed by atoms with Gasteiger partial charge >= 0.3 is 0 Å². The summed E-state index contributed by atoms with van der Waals surface area (Å²) in [6, 6.07) is 5.53. The average Bonchev–Trinajstić information content (AvgIpc) is 2.56. The van der Waals surface area contributed by atoms with Gasteiger partial charge in [-0.25, -0.2) is 0 Å². The number of anilines is 1. The third-order valence-electron chi connectivity index (χ3n) is 4.16. The Morgan fingerprint density at radius 1 is 1.41 bits per heavy atom. The number of Topliss-reactive ketones (excluding diaryl/α,β-unsaturated/α-hetero) is 1. The Labute approximate surface area is 133 Å². The van der Waals surface area contributed by atoms with Crippen molar-refractivity contribution in [2.75, 3.05) is 18.4 Å². The van der Waals surface area contributed by atoms with Gasteiger partial charge in [0.05, 0.1) is 18.3 Å². The van der Waals surface area contributed by atoms with E-state index in [9.17, 15) is 4.79 Å². The van der Waals surface area contributed by atoms with E-state index in [0.717, 1.165) is 42.9 Å². The van der Waals surface area contributed by atoms with Gasteiger partial charge in [-0.05, 0) is 44.5 Å². The topological polar surface area (TPSA) is 50.4 Å². The van der Waals surface area contributed by atoms with E-state index in [1.165, 1.54) is 12.8 Å². The van der Waals surface area contributed by atoms with Gasteiger partial charge in [0, 0.05) is 5.56 Å². The van der Waals surface area contributed by atoms with Gasteiger partial charge in [0.25, 0.3) is 0 Å². The van der Waals surface area contributed by atoms with E-state index in [2.05, 4.69) is 24.5 Å². The summed E-state index contributed by atoms with van der Waals surface area (Å²) in [5, 5.41) is 6.67. The molecule has 2 unspecified atom stereocenters. The zero-order chi connectivity index (χ0) is 15.9. The molecule has 0 radical (unpaired) electrons. The Bertz CT molecular complexity index is 502. The van der Waals surface area contributed by atoms with Crippen molar-refractivity contribution in [2.24, 2.45) is 0 Å². The van der Waals surface area contributed by atoms with Crippen molar-refractivity contribution in [3.05, 3.63) is 23.8 Å². The van der Waals surface area contributed by atoms with Gasteiger partial charge < -0.3 is 15.4 Å². The molecule has 1 aliphatic heterocycles. The Hall–Kier alpha value is -1.55. The van der Waals surface area contributed by atoms with Gasteiger partial charge in [-0.1, -0.05) is 26.7 Å². The minimum absolute atomic E-state index is 0.138. The fraction of sp³-hybridized carbons (Fsp3) is 0.611. The van der Waals surface area contributed by atoms with E-state index in [4.69, 9.17) is 4.74 Å². The minimum atomic E-state index is -0.150. The van der Waals surface area contributed by atoms with Crippen molar-refractivity contribution in [3.63, 3.8) is 0 Å². The molecule has 4 nitrogen and oxygen atoms in total. The summed E-state index contributed by atoms with van der Waals surface area (Å²) in [5.74, 6) is 0.983. The van der Waals surface area contributed by atoms with Crippen molar-refractivity contribution in [1.29, 1.82) is 0 Å². The number of carbonyl (C=O) groups excluding carboxylic acids is 1. The Kier molecular flexibility index (Phi) is 6.25. The average molecular weight is 304 g/mol. The number of hydrogen-bond donors (Lipinski definition) is 2. The predicted octanol–water partition coefficient (Wildman–Crippen LogP) is 3.62. The molecule has 0 fully saturated rings. The van der Waals surface area contributed by atoms with Crippen LogP contribution in [0, 0.1) is 0 Å². The number of ether oxygens (including phenoxy) is 1. The first kappa shape index (κ1) is 16.8. The molecule has 2 atom stereocenters. The van der Waals surface area contributed by atoms with Crippen LogP contribution in [0.15, 0.2) is 18.2 Å². The summed E-state index contributed by atoms with van der Waals surface area (Å²) in [7, 11) is 0. The number of unbranched alkanes of at least 4 members (excludes halogenated alkanes) is 2. The van der Waals surface area contributed by atoms with Crippen LogP contribution >= 0.6 is 0 Å². The number of fused-ring (bicyclic) bond motifs is 1. The second kappa shape index (κ2) is 8.18. The summed E-state index contributed by atoms with van der Waals surface area (Å²) in [5.41, 5.74) is 1.66. The fourth-order valence-corrected chi connectivity index (χ4v) is 2.63. The number of carbonyl (C=O) groups is 1. The highest BCUT2D eigenvalue weighted by atomic mass is 16.5. The van der Waals surface area contributed by atoms with Gasteiger partial charge in [-0.3, -0.25) is 4.79 Å². The monoisotopic (exact) mass is 304 g/mol. The molecule has 2 rings (SSSR count). The van der Waals surface area contributed by atoms with Crippen molar-refractivity contribution in [1.82, 2.24) is 5.32 Å². The number of hydrogen-bond acceptors (Lipinski definition) is 4. The van der Waals surface area contributed by atoms with Crippen LogP contribution < -0.4 is 15.4 Å². The number of rotatable bonds is 8. The lowest BCUT2D eigenvalue weighted by Gasteiger charge is -2.27. The Morgan fingerprint density at radius 2 is 2.23 bits per heavy atom. The molecule has 0 saturated carbocycles. The second-order valence-corrected chi connectivity index (χ2v) is 5.99. The Balaban J connectivity index is 1.96. The molecule has 0 saturated heterocycles. The molecule has 4 heteroatoms. The van der Waals surface area contributed by atoms with E-state index in [1.807, 2.05) is 25.1 Å². The number of nitrogens with one attached hydrogen (secondary N) is 2. The fourth-order valence-electron chi connectivity index (χ4n) is 2.63.